The standard InChI is InChI=1S/C18H19NO5/c1-11(13-9-5-7-12-6-3-4-8-14(12)13)19-16(17(21)23-2)15(10-20)24-18(19)22/h3-9,11,15-16,20H,10H2,1-2H3. The summed E-state index contributed by atoms with van der Waals surface area (Å²) in [6.07, 6.45) is -1.56. The molecule has 6 nitrogen and oxygen atoms in total. The number of methoxy groups -OCH3 is 1. The summed E-state index contributed by atoms with van der Waals surface area (Å²) in [4.78, 5) is 25.8. The first-order chi connectivity index (χ1) is 11.6. The maximum absolute atomic E-state index is 12.3. The second-order valence-electron chi connectivity index (χ2n) is 5.72. The molecule has 2 aromatic rings. The molecule has 1 saturated heterocycles. The van der Waals surface area contributed by atoms with Crippen molar-refractivity contribution in [1.82, 2.24) is 4.90 Å². The van der Waals surface area contributed by atoms with Crippen LogP contribution < -0.4 is 0 Å². The highest BCUT2D eigenvalue weighted by molar-refractivity contribution is 5.88. The van der Waals surface area contributed by atoms with Crippen molar-refractivity contribution in [1.29, 1.82) is 0 Å². The lowest BCUT2D eigenvalue weighted by molar-refractivity contribution is -0.147. The minimum Gasteiger partial charge on any atom is -0.467 e. The van der Waals surface area contributed by atoms with E-state index in [0.29, 0.717) is 0 Å². The first kappa shape index (κ1) is 16.3. The van der Waals surface area contributed by atoms with Crippen LogP contribution in [0.1, 0.15) is 18.5 Å². The molecule has 0 aliphatic carbocycles. The molecule has 3 unspecified atom stereocenters. The van der Waals surface area contributed by atoms with Crippen LogP contribution in [0.4, 0.5) is 4.79 Å². The van der Waals surface area contributed by atoms with Crippen LogP contribution in [-0.4, -0.2) is 47.9 Å². The van der Waals surface area contributed by atoms with Gasteiger partial charge < -0.3 is 14.6 Å². The number of aliphatic hydroxyl groups is 1. The van der Waals surface area contributed by atoms with Crippen molar-refractivity contribution in [2.45, 2.75) is 25.1 Å². The van der Waals surface area contributed by atoms with Crippen molar-refractivity contribution in [3.05, 3.63) is 48.0 Å². The van der Waals surface area contributed by atoms with E-state index in [9.17, 15) is 14.7 Å². The number of hydrogen-bond acceptors (Lipinski definition) is 5. The van der Waals surface area contributed by atoms with Crippen LogP contribution in [0, 0.1) is 0 Å². The number of aliphatic hydroxyl groups excluding tert-OH is 1. The molecule has 0 bridgehead atoms. The largest absolute Gasteiger partial charge is 0.467 e. The van der Waals surface area contributed by atoms with Gasteiger partial charge in [-0.15, -0.1) is 0 Å². The normalized spacial score (nSPS) is 21.6. The van der Waals surface area contributed by atoms with Crippen LogP contribution in [0.15, 0.2) is 42.5 Å². The predicted octanol–water partition coefficient (Wildman–Crippen LogP) is 2.26. The minimum atomic E-state index is -0.971. The molecular formula is C18H19NO5. The second kappa shape index (κ2) is 6.49. The molecule has 1 fully saturated rings. The predicted molar refractivity (Wildman–Crippen MR) is 87.4 cm³/mol. The molecule has 0 spiro atoms. The zero-order valence-electron chi connectivity index (χ0n) is 13.5. The van der Waals surface area contributed by atoms with E-state index >= 15 is 0 Å². The summed E-state index contributed by atoms with van der Waals surface area (Å²) < 4.78 is 9.94. The lowest BCUT2D eigenvalue weighted by Crippen LogP contribution is -2.45. The third-order valence-corrected chi connectivity index (χ3v) is 4.43. The molecule has 24 heavy (non-hydrogen) atoms. The summed E-state index contributed by atoms with van der Waals surface area (Å²) in [5.74, 6) is -0.605. The number of amides is 1. The average Bonchev–Trinajstić information content (AvgIpc) is 2.96. The van der Waals surface area contributed by atoms with E-state index in [1.54, 1.807) is 0 Å². The zero-order chi connectivity index (χ0) is 17.3. The maximum atomic E-state index is 12.3. The highest BCUT2D eigenvalue weighted by Crippen LogP contribution is 2.34. The van der Waals surface area contributed by atoms with Crippen LogP contribution in [0.25, 0.3) is 10.8 Å². The molecule has 1 aliphatic heterocycles. The molecule has 6 heteroatoms. The molecule has 1 heterocycles. The van der Waals surface area contributed by atoms with Gasteiger partial charge in [-0.2, -0.15) is 0 Å². The van der Waals surface area contributed by atoms with Crippen molar-refractivity contribution in [3.63, 3.8) is 0 Å². The molecule has 1 amide bonds. The van der Waals surface area contributed by atoms with Crippen LogP contribution >= 0.6 is 0 Å². The monoisotopic (exact) mass is 329 g/mol. The number of esters is 1. The van der Waals surface area contributed by atoms with Crippen molar-refractivity contribution in [2.24, 2.45) is 0 Å². The summed E-state index contributed by atoms with van der Waals surface area (Å²) in [6.45, 7) is 1.39. The van der Waals surface area contributed by atoms with Gasteiger partial charge in [0.05, 0.1) is 19.8 Å². The summed E-state index contributed by atoms with van der Waals surface area (Å²) in [7, 11) is 1.25. The Morgan fingerprint density at radius 1 is 1.29 bits per heavy atom. The van der Waals surface area contributed by atoms with Gasteiger partial charge in [0.25, 0.3) is 0 Å². The van der Waals surface area contributed by atoms with Crippen LogP contribution in [-0.2, 0) is 14.3 Å². The Bertz CT molecular complexity index is 770. The van der Waals surface area contributed by atoms with Gasteiger partial charge in [-0.25, -0.2) is 9.59 Å². The Balaban J connectivity index is 2.04. The summed E-state index contributed by atoms with van der Waals surface area (Å²) in [5, 5.41) is 11.5. The molecular weight excluding hydrogens is 310 g/mol. The Labute approximate surface area is 139 Å². The third kappa shape index (κ3) is 2.59. The smallest absolute Gasteiger partial charge is 0.411 e. The molecule has 0 radical (unpaired) electrons. The Morgan fingerprint density at radius 3 is 2.71 bits per heavy atom. The van der Waals surface area contributed by atoms with E-state index < -0.39 is 36.9 Å². The summed E-state index contributed by atoms with van der Waals surface area (Å²) in [5.41, 5.74) is 0.901. The van der Waals surface area contributed by atoms with Crippen LogP contribution in [0.2, 0.25) is 0 Å². The molecule has 3 atom stereocenters. The third-order valence-electron chi connectivity index (χ3n) is 4.43. The van der Waals surface area contributed by atoms with Crippen molar-refractivity contribution >= 4 is 22.8 Å². The quantitative estimate of drug-likeness (QED) is 0.871. The van der Waals surface area contributed by atoms with E-state index in [0.717, 1.165) is 16.3 Å². The molecule has 0 aromatic heterocycles. The molecule has 2 aromatic carbocycles. The number of nitrogens with zero attached hydrogens (tertiary/aromatic N) is 1. The first-order valence-electron chi connectivity index (χ1n) is 7.73. The van der Waals surface area contributed by atoms with E-state index in [1.165, 1.54) is 12.0 Å². The molecule has 1 aliphatic rings. The van der Waals surface area contributed by atoms with Gasteiger partial charge in [0, 0.05) is 0 Å². The van der Waals surface area contributed by atoms with Crippen LogP contribution in [0.5, 0.6) is 0 Å². The highest BCUT2D eigenvalue weighted by Gasteiger charge is 2.49. The van der Waals surface area contributed by atoms with Gasteiger partial charge in [-0.3, -0.25) is 4.90 Å². The highest BCUT2D eigenvalue weighted by atomic mass is 16.6. The Kier molecular flexibility index (Phi) is 4.40. The number of benzene rings is 2. The minimum absolute atomic E-state index is 0.413. The summed E-state index contributed by atoms with van der Waals surface area (Å²) >= 11 is 0. The molecule has 1 N–H and O–H groups in total. The Hall–Kier alpha value is -2.60. The van der Waals surface area contributed by atoms with Crippen molar-refractivity contribution < 1.29 is 24.2 Å². The average molecular weight is 329 g/mol. The zero-order valence-corrected chi connectivity index (χ0v) is 13.5. The number of fused-ring (bicyclic) bond motifs is 1. The second-order valence-corrected chi connectivity index (χ2v) is 5.72. The van der Waals surface area contributed by atoms with Gasteiger partial charge in [0.2, 0.25) is 0 Å². The van der Waals surface area contributed by atoms with E-state index in [4.69, 9.17) is 9.47 Å². The number of hydrogen-bond donors (Lipinski definition) is 1. The fraction of sp³-hybridized carbons (Fsp3) is 0.333. The topological polar surface area (TPSA) is 76.1 Å². The van der Waals surface area contributed by atoms with Crippen molar-refractivity contribution in [2.75, 3.05) is 13.7 Å². The lowest BCUT2D eigenvalue weighted by Gasteiger charge is -2.28. The molecule has 126 valence electrons. The van der Waals surface area contributed by atoms with Gasteiger partial charge in [0.15, 0.2) is 12.1 Å². The van der Waals surface area contributed by atoms with E-state index in [1.807, 2.05) is 49.4 Å². The first-order valence-corrected chi connectivity index (χ1v) is 7.73. The SMILES string of the molecule is COC(=O)C1C(CO)OC(=O)N1C(C)c1cccc2ccccc12. The van der Waals surface area contributed by atoms with Gasteiger partial charge in [0.1, 0.15) is 0 Å². The van der Waals surface area contributed by atoms with Crippen LogP contribution in [0.3, 0.4) is 0 Å². The number of rotatable bonds is 4. The molecule has 0 saturated carbocycles. The Morgan fingerprint density at radius 2 is 2.00 bits per heavy atom. The van der Waals surface area contributed by atoms with E-state index in [-0.39, 0.29) is 0 Å². The van der Waals surface area contributed by atoms with Gasteiger partial charge >= 0.3 is 12.1 Å². The van der Waals surface area contributed by atoms with Crippen molar-refractivity contribution in [3.8, 4) is 0 Å². The van der Waals surface area contributed by atoms with E-state index in [2.05, 4.69) is 0 Å². The number of carbonyl (C=O) groups is 2. The van der Waals surface area contributed by atoms with Gasteiger partial charge in [-0.1, -0.05) is 42.5 Å². The number of carbonyl (C=O) groups excluding carboxylic acids is 2. The summed E-state index contributed by atoms with van der Waals surface area (Å²) in [6, 6.07) is 12.3. The maximum Gasteiger partial charge on any atom is 0.411 e. The number of ether oxygens (including phenoxy) is 2. The fourth-order valence-corrected chi connectivity index (χ4v) is 3.23. The molecule has 3 rings (SSSR count). The number of cyclic esters (lactones) is 1. The lowest BCUT2D eigenvalue weighted by atomic mass is 9.97. The fourth-order valence-electron chi connectivity index (χ4n) is 3.23. The van der Waals surface area contributed by atoms with Gasteiger partial charge in [-0.05, 0) is 23.3 Å².